The lowest BCUT2D eigenvalue weighted by Gasteiger charge is -2.09. The van der Waals surface area contributed by atoms with Gasteiger partial charge in [-0.1, -0.05) is 66.7 Å². The molecule has 6 heteroatoms. The maximum atomic E-state index is 6.11. The van der Waals surface area contributed by atoms with Crippen LogP contribution in [0.4, 0.5) is 0 Å². The molecule has 0 bridgehead atoms. The van der Waals surface area contributed by atoms with Crippen molar-refractivity contribution in [1.29, 1.82) is 0 Å². The monoisotopic (exact) mass is 540 g/mol. The number of furan rings is 1. The summed E-state index contributed by atoms with van der Waals surface area (Å²) >= 11 is 0. The zero-order valence-electron chi connectivity index (χ0n) is 22.2. The van der Waals surface area contributed by atoms with Crippen molar-refractivity contribution in [2.75, 3.05) is 0 Å². The van der Waals surface area contributed by atoms with Crippen molar-refractivity contribution in [1.82, 2.24) is 18.9 Å². The van der Waals surface area contributed by atoms with Gasteiger partial charge in [-0.25, -0.2) is 9.97 Å². The molecule has 0 unspecified atom stereocenters. The molecule has 5 aromatic carbocycles. The predicted molar refractivity (Wildman–Crippen MR) is 167 cm³/mol. The summed E-state index contributed by atoms with van der Waals surface area (Å²) in [5.74, 6) is 0. The van der Waals surface area contributed by atoms with Gasteiger partial charge in [0.1, 0.15) is 22.3 Å². The van der Waals surface area contributed by atoms with Crippen molar-refractivity contribution < 1.29 is 8.83 Å². The average Bonchev–Trinajstić information content (AvgIpc) is 3.83. The maximum absolute atomic E-state index is 6.11. The third kappa shape index (κ3) is 2.78. The first-order chi connectivity index (χ1) is 20.8. The number of oxazole rings is 1. The van der Waals surface area contributed by atoms with E-state index in [2.05, 4.69) is 98.9 Å². The molecule has 0 fully saturated rings. The molecule has 0 saturated carbocycles. The van der Waals surface area contributed by atoms with Crippen molar-refractivity contribution in [3.8, 4) is 16.9 Å². The smallest absolute Gasteiger partial charge is 0.234 e. The van der Waals surface area contributed by atoms with E-state index in [1.807, 2.05) is 30.5 Å². The SMILES string of the molecule is c1ccc2c(c1)oc1ccc(-n3c4ccccc4c4cc(-c5cnc6c7ccccc7c7ncoc7n56)ccc43)cc12. The van der Waals surface area contributed by atoms with Crippen LogP contribution in [0, 0.1) is 0 Å². The van der Waals surface area contributed by atoms with Crippen LogP contribution in [-0.2, 0) is 0 Å². The molecular weight excluding hydrogens is 520 g/mol. The summed E-state index contributed by atoms with van der Waals surface area (Å²) in [6.07, 6.45) is 3.44. The van der Waals surface area contributed by atoms with Gasteiger partial charge in [-0.05, 0) is 42.5 Å². The molecule has 0 amide bonds. The lowest BCUT2D eigenvalue weighted by molar-refractivity contribution is 0.587. The molecule has 42 heavy (non-hydrogen) atoms. The Balaban J connectivity index is 1.25. The number of imidazole rings is 1. The molecular formula is C36H20N4O2. The standard InChI is InChI=1S/C36H20N4O2/c1-2-10-26-25(9-1)34-36(41-20-38-34)40-31(19-37-35(26)40)21-13-15-30-27(17-21)23-7-3-5-11-29(23)39(30)22-14-16-33-28(18-22)24-8-4-6-12-32(24)42-33/h1-20H. The lowest BCUT2D eigenvalue weighted by atomic mass is 10.1. The number of rotatable bonds is 2. The minimum Gasteiger partial charge on any atom is -0.456 e. The van der Waals surface area contributed by atoms with Gasteiger partial charge in [0.15, 0.2) is 6.39 Å². The van der Waals surface area contributed by atoms with Gasteiger partial charge in [0.05, 0.1) is 22.9 Å². The second-order valence-electron chi connectivity index (χ2n) is 10.7. The van der Waals surface area contributed by atoms with Crippen LogP contribution in [-0.4, -0.2) is 18.9 Å². The number of para-hydroxylation sites is 2. The molecule has 0 N–H and O–H groups in total. The van der Waals surface area contributed by atoms with Crippen molar-refractivity contribution in [3.05, 3.63) is 122 Å². The van der Waals surface area contributed by atoms with E-state index in [4.69, 9.17) is 13.8 Å². The number of aromatic nitrogens is 4. The van der Waals surface area contributed by atoms with Gasteiger partial charge >= 0.3 is 0 Å². The van der Waals surface area contributed by atoms with E-state index in [1.54, 1.807) is 0 Å². The third-order valence-corrected chi connectivity index (χ3v) is 8.52. The highest BCUT2D eigenvalue weighted by Crippen LogP contribution is 2.38. The van der Waals surface area contributed by atoms with Gasteiger partial charge < -0.3 is 13.4 Å². The Bertz CT molecular complexity index is 2700. The first kappa shape index (κ1) is 21.9. The molecule has 196 valence electrons. The van der Waals surface area contributed by atoms with E-state index in [0.717, 1.165) is 71.9 Å². The van der Waals surface area contributed by atoms with Crippen molar-refractivity contribution >= 4 is 71.4 Å². The fourth-order valence-corrected chi connectivity index (χ4v) is 6.68. The zero-order valence-corrected chi connectivity index (χ0v) is 22.2. The summed E-state index contributed by atoms with van der Waals surface area (Å²) in [6.45, 7) is 0. The van der Waals surface area contributed by atoms with Crippen LogP contribution < -0.4 is 0 Å². The first-order valence-electron chi connectivity index (χ1n) is 13.9. The summed E-state index contributed by atoms with van der Waals surface area (Å²) in [5.41, 5.74) is 9.57. The lowest BCUT2D eigenvalue weighted by Crippen LogP contribution is -1.94. The van der Waals surface area contributed by atoms with Gasteiger partial charge in [-0.15, -0.1) is 0 Å². The van der Waals surface area contributed by atoms with Gasteiger partial charge in [-0.3, -0.25) is 4.40 Å². The number of nitrogens with zero attached hydrogens (tertiary/aromatic N) is 4. The van der Waals surface area contributed by atoms with Crippen molar-refractivity contribution in [2.24, 2.45) is 0 Å². The summed E-state index contributed by atoms with van der Waals surface area (Å²) in [7, 11) is 0. The summed E-state index contributed by atoms with van der Waals surface area (Å²) in [5, 5.41) is 6.67. The minimum absolute atomic E-state index is 0.694. The molecule has 0 radical (unpaired) electrons. The van der Waals surface area contributed by atoms with Gasteiger partial charge in [-0.2, -0.15) is 0 Å². The zero-order chi connectivity index (χ0) is 27.4. The molecule has 0 aliphatic heterocycles. The Labute approximate surface area is 237 Å². The van der Waals surface area contributed by atoms with E-state index < -0.39 is 0 Å². The second kappa shape index (κ2) is 7.86. The Morgan fingerprint density at radius 2 is 1.33 bits per heavy atom. The molecule has 0 aliphatic carbocycles. The highest BCUT2D eigenvalue weighted by molar-refractivity contribution is 6.12. The van der Waals surface area contributed by atoms with E-state index in [-0.39, 0.29) is 0 Å². The molecule has 5 heterocycles. The van der Waals surface area contributed by atoms with Gasteiger partial charge in [0, 0.05) is 43.6 Å². The number of hydrogen-bond donors (Lipinski definition) is 0. The van der Waals surface area contributed by atoms with Gasteiger partial charge in [0.25, 0.3) is 0 Å². The Kier molecular flexibility index (Phi) is 4.10. The second-order valence-corrected chi connectivity index (χ2v) is 10.7. The van der Waals surface area contributed by atoms with Crippen LogP contribution in [0.2, 0.25) is 0 Å². The van der Waals surface area contributed by atoms with Crippen LogP contribution in [0.1, 0.15) is 0 Å². The largest absolute Gasteiger partial charge is 0.456 e. The summed E-state index contributed by atoms with van der Waals surface area (Å²) < 4.78 is 16.5. The Hall–Kier alpha value is -5.88. The highest BCUT2D eigenvalue weighted by atomic mass is 16.3. The number of hydrogen-bond acceptors (Lipinski definition) is 4. The minimum atomic E-state index is 0.694. The molecule has 0 spiro atoms. The van der Waals surface area contributed by atoms with Crippen LogP contribution in [0.15, 0.2) is 131 Å². The molecule has 0 atom stereocenters. The molecule has 10 rings (SSSR count). The van der Waals surface area contributed by atoms with Crippen LogP contribution in [0.5, 0.6) is 0 Å². The molecule has 5 aromatic heterocycles. The third-order valence-electron chi connectivity index (χ3n) is 8.52. The molecule has 6 nitrogen and oxygen atoms in total. The first-order valence-corrected chi connectivity index (χ1v) is 13.9. The van der Waals surface area contributed by atoms with E-state index in [9.17, 15) is 0 Å². The van der Waals surface area contributed by atoms with E-state index in [0.29, 0.717) is 5.71 Å². The maximum Gasteiger partial charge on any atom is 0.234 e. The molecule has 0 saturated heterocycles. The van der Waals surface area contributed by atoms with Crippen LogP contribution in [0.3, 0.4) is 0 Å². The quantitative estimate of drug-likeness (QED) is 0.219. The fourth-order valence-electron chi connectivity index (χ4n) is 6.68. The van der Waals surface area contributed by atoms with Crippen LogP contribution >= 0.6 is 0 Å². The average molecular weight is 541 g/mol. The number of pyridine rings is 1. The van der Waals surface area contributed by atoms with E-state index >= 15 is 0 Å². The summed E-state index contributed by atoms with van der Waals surface area (Å²) in [4.78, 5) is 9.41. The number of fused-ring (bicyclic) bond motifs is 12. The Morgan fingerprint density at radius 3 is 2.26 bits per heavy atom. The van der Waals surface area contributed by atoms with Gasteiger partial charge in [0.2, 0.25) is 5.71 Å². The molecule has 10 aromatic rings. The van der Waals surface area contributed by atoms with Crippen molar-refractivity contribution in [2.45, 2.75) is 0 Å². The summed E-state index contributed by atoms with van der Waals surface area (Å²) in [6, 6.07) is 38.1. The number of benzene rings is 5. The molecule has 0 aliphatic rings. The predicted octanol–water partition coefficient (Wildman–Crippen LogP) is 9.29. The van der Waals surface area contributed by atoms with Crippen molar-refractivity contribution in [3.63, 3.8) is 0 Å². The normalized spacial score (nSPS) is 12.3. The van der Waals surface area contributed by atoms with Crippen LogP contribution in [0.25, 0.3) is 88.3 Å². The van der Waals surface area contributed by atoms with E-state index in [1.165, 1.54) is 17.2 Å². The Morgan fingerprint density at radius 1 is 0.571 bits per heavy atom. The topological polar surface area (TPSA) is 61.4 Å². The fraction of sp³-hybridized carbons (Fsp3) is 0. The highest BCUT2D eigenvalue weighted by Gasteiger charge is 2.19.